The Morgan fingerprint density at radius 1 is 1.18 bits per heavy atom. The normalized spacial score (nSPS) is 10.5. The number of amides is 1. The van der Waals surface area contributed by atoms with E-state index in [1.807, 2.05) is 6.07 Å². The van der Waals surface area contributed by atoms with Crippen LogP contribution in [0.4, 0.5) is 5.69 Å². The van der Waals surface area contributed by atoms with Crippen molar-refractivity contribution in [2.75, 3.05) is 11.9 Å². The van der Waals surface area contributed by atoms with Gasteiger partial charge >= 0.3 is 0 Å². The van der Waals surface area contributed by atoms with Crippen LogP contribution in [0.2, 0.25) is 5.02 Å². The van der Waals surface area contributed by atoms with Crippen molar-refractivity contribution in [2.45, 2.75) is 19.8 Å². The van der Waals surface area contributed by atoms with Crippen LogP contribution in [-0.2, 0) is 4.79 Å². The molecule has 0 aliphatic carbocycles. The minimum Gasteiger partial charge on any atom is -0.494 e. The highest BCUT2D eigenvalue weighted by molar-refractivity contribution is 6.30. The lowest BCUT2D eigenvalue weighted by atomic mass is 10.1. The molecule has 0 radical (unpaired) electrons. The number of aryl methyl sites for hydroxylation is 1. The summed E-state index contributed by atoms with van der Waals surface area (Å²) < 4.78 is 5.58. The molecule has 0 unspecified atom stereocenters. The summed E-state index contributed by atoms with van der Waals surface area (Å²) in [5.74, 6) is 1.08. The molecule has 0 saturated carbocycles. The van der Waals surface area contributed by atoms with E-state index in [0.717, 1.165) is 11.3 Å². The quantitative estimate of drug-likeness (QED) is 0.585. The molecule has 0 saturated heterocycles. The van der Waals surface area contributed by atoms with Gasteiger partial charge in [0.05, 0.1) is 6.61 Å². The van der Waals surface area contributed by atoms with Gasteiger partial charge in [-0.3, -0.25) is 9.59 Å². The summed E-state index contributed by atoms with van der Waals surface area (Å²) in [6, 6.07) is 15.7. The molecule has 3 rings (SSSR count). The fraction of sp³-hybridized carbons (Fsp3) is 0.190. The average molecular weight is 398 g/mol. The van der Waals surface area contributed by atoms with Gasteiger partial charge in [0.1, 0.15) is 11.6 Å². The number of nitrogens with zero attached hydrogens (tertiary/aromatic N) is 1. The van der Waals surface area contributed by atoms with Crippen LogP contribution in [0.3, 0.4) is 0 Å². The van der Waals surface area contributed by atoms with Gasteiger partial charge in [-0.15, -0.1) is 0 Å². The lowest BCUT2D eigenvalue weighted by Gasteiger charge is -2.09. The van der Waals surface area contributed by atoms with E-state index in [4.69, 9.17) is 16.3 Å². The molecule has 0 aliphatic rings. The number of halogens is 1. The first-order chi connectivity index (χ1) is 13.5. The van der Waals surface area contributed by atoms with Crippen LogP contribution in [0.1, 0.15) is 18.5 Å². The van der Waals surface area contributed by atoms with Gasteiger partial charge in [-0.2, -0.15) is 0 Å². The third-order valence-corrected chi connectivity index (χ3v) is 4.17. The summed E-state index contributed by atoms with van der Waals surface area (Å²) in [7, 11) is 0. The number of hydrogen-bond donors (Lipinski definition) is 2. The highest BCUT2D eigenvalue weighted by Crippen LogP contribution is 2.19. The molecule has 1 aromatic heterocycles. The topological polar surface area (TPSA) is 84.1 Å². The summed E-state index contributed by atoms with van der Waals surface area (Å²) in [4.78, 5) is 30.8. The first kappa shape index (κ1) is 19.6. The maximum Gasteiger partial charge on any atom is 0.251 e. The summed E-state index contributed by atoms with van der Waals surface area (Å²) in [6.07, 6.45) is 0.915. The molecule has 2 N–H and O–H groups in total. The van der Waals surface area contributed by atoms with Crippen molar-refractivity contribution in [3.8, 4) is 17.1 Å². The molecular formula is C21H20ClN3O3. The monoisotopic (exact) mass is 397 g/mol. The fourth-order valence-electron chi connectivity index (χ4n) is 2.64. The van der Waals surface area contributed by atoms with Crippen LogP contribution >= 0.6 is 11.6 Å². The number of aromatic nitrogens is 2. The van der Waals surface area contributed by atoms with E-state index in [-0.39, 0.29) is 11.5 Å². The molecule has 1 heterocycles. The molecule has 7 heteroatoms. The molecular weight excluding hydrogens is 378 g/mol. The van der Waals surface area contributed by atoms with E-state index in [1.165, 1.54) is 6.07 Å². The number of ether oxygens (including phenoxy) is 1. The minimum atomic E-state index is -0.211. The van der Waals surface area contributed by atoms with E-state index < -0.39 is 0 Å². The highest BCUT2D eigenvalue weighted by Gasteiger charge is 2.06. The van der Waals surface area contributed by atoms with Gasteiger partial charge < -0.3 is 15.0 Å². The van der Waals surface area contributed by atoms with E-state index in [9.17, 15) is 9.59 Å². The van der Waals surface area contributed by atoms with Gasteiger partial charge in [0.2, 0.25) is 5.91 Å². The van der Waals surface area contributed by atoms with Crippen molar-refractivity contribution in [1.29, 1.82) is 0 Å². The fourth-order valence-corrected chi connectivity index (χ4v) is 2.76. The van der Waals surface area contributed by atoms with Crippen molar-refractivity contribution in [3.05, 3.63) is 75.7 Å². The third kappa shape index (κ3) is 5.69. The van der Waals surface area contributed by atoms with Crippen molar-refractivity contribution in [1.82, 2.24) is 9.97 Å². The lowest BCUT2D eigenvalue weighted by molar-refractivity contribution is -0.116. The SMILES string of the molecule is Cc1cc(=O)[nH]c(-c2cccc(NC(=O)CCCOc3ccc(Cl)cc3)c2)n1. The van der Waals surface area contributed by atoms with E-state index in [2.05, 4.69) is 15.3 Å². The van der Waals surface area contributed by atoms with Crippen LogP contribution in [0.15, 0.2) is 59.4 Å². The number of carbonyl (C=O) groups excluding carboxylic acids is 1. The summed E-state index contributed by atoms with van der Waals surface area (Å²) in [5, 5.41) is 3.51. The zero-order valence-electron chi connectivity index (χ0n) is 15.4. The van der Waals surface area contributed by atoms with E-state index >= 15 is 0 Å². The number of carbonyl (C=O) groups is 1. The van der Waals surface area contributed by atoms with Crippen molar-refractivity contribution in [2.24, 2.45) is 0 Å². The molecule has 6 nitrogen and oxygen atoms in total. The molecule has 3 aromatic rings. The average Bonchev–Trinajstić information content (AvgIpc) is 2.66. The predicted molar refractivity (Wildman–Crippen MR) is 110 cm³/mol. The van der Waals surface area contributed by atoms with E-state index in [1.54, 1.807) is 49.4 Å². The Morgan fingerprint density at radius 2 is 1.96 bits per heavy atom. The summed E-state index contributed by atoms with van der Waals surface area (Å²) >= 11 is 5.83. The Bertz CT molecular complexity index is 1020. The number of nitrogens with one attached hydrogen (secondary N) is 2. The Labute approximate surface area is 167 Å². The summed E-state index contributed by atoms with van der Waals surface area (Å²) in [5.41, 5.74) is 1.79. The molecule has 0 aliphatic heterocycles. The number of hydrogen-bond acceptors (Lipinski definition) is 4. The second-order valence-corrected chi connectivity index (χ2v) is 6.71. The number of anilines is 1. The van der Waals surface area contributed by atoms with Crippen LogP contribution < -0.4 is 15.6 Å². The molecule has 28 heavy (non-hydrogen) atoms. The van der Waals surface area contributed by atoms with Gasteiger partial charge in [0, 0.05) is 34.5 Å². The molecule has 0 spiro atoms. The molecule has 2 aromatic carbocycles. The second kappa shape index (κ2) is 9.19. The van der Waals surface area contributed by atoms with Gasteiger partial charge in [-0.1, -0.05) is 23.7 Å². The second-order valence-electron chi connectivity index (χ2n) is 6.27. The van der Waals surface area contributed by atoms with Crippen LogP contribution in [0.5, 0.6) is 5.75 Å². The Balaban J connectivity index is 1.52. The van der Waals surface area contributed by atoms with Crippen LogP contribution in [0.25, 0.3) is 11.4 Å². The predicted octanol–water partition coefficient (Wildman–Crippen LogP) is 4.20. The van der Waals surface area contributed by atoms with Crippen LogP contribution in [-0.4, -0.2) is 22.5 Å². The summed E-state index contributed by atoms with van der Waals surface area (Å²) in [6.45, 7) is 2.19. The van der Waals surface area contributed by atoms with Crippen molar-refractivity contribution in [3.63, 3.8) is 0 Å². The minimum absolute atomic E-state index is 0.109. The van der Waals surface area contributed by atoms with E-state index in [0.29, 0.717) is 41.7 Å². The zero-order valence-corrected chi connectivity index (χ0v) is 16.1. The first-order valence-electron chi connectivity index (χ1n) is 8.86. The molecule has 0 fully saturated rings. The van der Waals surface area contributed by atoms with Crippen molar-refractivity contribution >= 4 is 23.2 Å². The van der Waals surface area contributed by atoms with Crippen molar-refractivity contribution < 1.29 is 9.53 Å². The number of benzene rings is 2. The van der Waals surface area contributed by atoms with Gasteiger partial charge in [0.25, 0.3) is 5.56 Å². The smallest absolute Gasteiger partial charge is 0.251 e. The molecule has 0 bridgehead atoms. The number of H-pyrrole nitrogens is 1. The largest absolute Gasteiger partial charge is 0.494 e. The Kier molecular flexibility index (Phi) is 6.45. The zero-order chi connectivity index (χ0) is 19.9. The highest BCUT2D eigenvalue weighted by atomic mass is 35.5. The number of rotatable bonds is 7. The van der Waals surface area contributed by atoms with Gasteiger partial charge in [-0.05, 0) is 49.7 Å². The lowest BCUT2D eigenvalue weighted by Crippen LogP contribution is -2.13. The molecule has 0 atom stereocenters. The van der Waals surface area contributed by atoms with Gasteiger partial charge in [0.15, 0.2) is 0 Å². The standard InChI is InChI=1S/C21H20ClN3O3/c1-14-12-20(27)25-21(23-14)15-4-2-5-17(13-15)24-19(26)6-3-11-28-18-9-7-16(22)8-10-18/h2,4-5,7-10,12-13H,3,6,11H2,1H3,(H,24,26)(H,23,25,27). The Morgan fingerprint density at radius 3 is 2.71 bits per heavy atom. The van der Waals surface area contributed by atoms with Crippen LogP contribution in [0, 0.1) is 6.92 Å². The Hall–Kier alpha value is -3.12. The maximum absolute atomic E-state index is 12.2. The number of aromatic amines is 1. The maximum atomic E-state index is 12.2. The van der Waals surface area contributed by atoms with Gasteiger partial charge in [-0.25, -0.2) is 4.98 Å². The molecule has 144 valence electrons. The third-order valence-electron chi connectivity index (χ3n) is 3.92. The first-order valence-corrected chi connectivity index (χ1v) is 9.24. The molecule has 1 amide bonds.